The molecular formula is C16H19N. The Labute approximate surface area is 104 Å². The van der Waals surface area contributed by atoms with Crippen LogP contribution in [0.2, 0.25) is 0 Å². The van der Waals surface area contributed by atoms with Gasteiger partial charge in [0.15, 0.2) is 0 Å². The number of benzene rings is 1. The van der Waals surface area contributed by atoms with E-state index in [-0.39, 0.29) is 5.41 Å². The highest BCUT2D eigenvalue weighted by Gasteiger charge is 2.24. The maximum Gasteiger partial charge on any atom is 0.0503 e. The van der Waals surface area contributed by atoms with Gasteiger partial charge < -0.3 is 0 Å². The zero-order valence-electron chi connectivity index (χ0n) is 11.0. The Morgan fingerprint density at radius 3 is 1.94 bits per heavy atom. The summed E-state index contributed by atoms with van der Waals surface area (Å²) in [6.45, 7) is 8.61. The minimum Gasteiger partial charge on any atom is -0.260 e. The highest BCUT2D eigenvalue weighted by atomic mass is 14.7. The molecule has 17 heavy (non-hydrogen) atoms. The highest BCUT2D eigenvalue weighted by Crippen LogP contribution is 2.30. The Bertz CT molecular complexity index is 445. The zero-order chi connectivity index (χ0) is 12.5. The van der Waals surface area contributed by atoms with E-state index >= 15 is 0 Å². The van der Waals surface area contributed by atoms with Gasteiger partial charge in [0.1, 0.15) is 0 Å². The summed E-state index contributed by atoms with van der Waals surface area (Å²) in [5.41, 5.74) is 4.88. The normalized spacial score (nSPS) is 11.5. The Hall–Kier alpha value is -1.63. The molecule has 0 fully saturated rings. The van der Waals surface area contributed by atoms with E-state index in [1.165, 1.54) is 16.7 Å². The van der Waals surface area contributed by atoms with Gasteiger partial charge in [-0.1, -0.05) is 49.7 Å². The molecule has 1 heterocycles. The van der Waals surface area contributed by atoms with Crippen LogP contribution in [0.5, 0.6) is 0 Å². The fourth-order valence-corrected chi connectivity index (χ4v) is 1.96. The van der Waals surface area contributed by atoms with Gasteiger partial charge in [-0.2, -0.15) is 0 Å². The summed E-state index contributed by atoms with van der Waals surface area (Å²) in [6, 6.07) is 12.9. The third-order valence-corrected chi connectivity index (χ3v) is 3.32. The molecule has 2 rings (SSSR count). The third kappa shape index (κ3) is 2.38. The van der Waals surface area contributed by atoms with E-state index in [1.54, 1.807) is 0 Å². The minimum absolute atomic E-state index is 0.0403. The summed E-state index contributed by atoms with van der Waals surface area (Å²) in [5, 5.41) is 0. The fourth-order valence-electron chi connectivity index (χ4n) is 1.96. The molecule has 0 N–H and O–H groups in total. The molecule has 0 unspecified atom stereocenters. The van der Waals surface area contributed by atoms with Gasteiger partial charge in [0.05, 0.1) is 5.69 Å². The molecule has 1 nitrogen and oxygen atoms in total. The fraction of sp³-hybridized carbons (Fsp3) is 0.312. The number of aryl methyl sites for hydroxylation is 2. The van der Waals surface area contributed by atoms with Crippen molar-refractivity contribution >= 4 is 0 Å². The molecule has 0 amide bonds. The molecule has 0 saturated carbocycles. The maximum absolute atomic E-state index is 4.55. The van der Waals surface area contributed by atoms with Crippen LogP contribution in [0.4, 0.5) is 0 Å². The summed E-state index contributed by atoms with van der Waals surface area (Å²) in [4.78, 5) is 4.55. The monoisotopic (exact) mass is 225 g/mol. The Morgan fingerprint density at radius 2 is 1.41 bits per heavy atom. The summed E-state index contributed by atoms with van der Waals surface area (Å²) in [6.07, 6.45) is 1.94. The van der Waals surface area contributed by atoms with Crippen molar-refractivity contribution in [3.63, 3.8) is 0 Å². The first kappa shape index (κ1) is 11.8. The van der Waals surface area contributed by atoms with Crippen molar-refractivity contribution < 1.29 is 0 Å². The summed E-state index contributed by atoms with van der Waals surface area (Å²) >= 11 is 0. The molecule has 0 aliphatic heterocycles. The van der Waals surface area contributed by atoms with E-state index in [9.17, 15) is 0 Å². The lowest BCUT2D eigenvalue weighted by Crippen LogP contribution is -2.20. The molecule has 1 aromatic heterocycles. The SMILES string of the molecule is Cc1ccc(C(C)(C)c2ccc(C)cn2)cc1. The van der Waals surface area contributed by atoms with E-state index in [1.807, 2.05) is 6.20 Å². The van der Waals surface area contributed by atoms with Crippen LogP contribution in [0.15, 0.2) is 42.6 Å². The lowest BCUT2D eigenvalue weighted by atomic mass is 9.81. The van der Waals surface area contributed by atoms with Crippen molar-refractivity contribution in [2.45, 2.75) is 33.1 Å². The van der Waals surface area contributed by atoms with Crippen LogP contribution in [0.25, 0.3) is 0 Å². The van der Waals surface area contributed by atoms with E-state index < -0.39 is 0 Å². The molecule has 2 aromatic rings. The summed E-state index contributed by atoms with van der Waals surface area (Å²) in [5.74, 6) is 0. The van der Waals surface area contributed by atoms with Gasteiger partial charge in [0, 0.05) is 11.6 Å². The van der Waals surface area contributed by atoms with E-state index in [2.05, 4.69) is 69.1 Å². The number of hydrogen-bond acceptors (Lipinski definition) is 1. The molecule has 0 radical (unpaired) electrons. The minimum atomic E-state index is -0.0403. The Balaban J connectivity index is 2.41. The molecule has 0 saturated heterocycles. The van der Waals surface area contributed by atoms with Crippen molar-refractivity contribution in [3.05, 3.63) is 65.0 Å². The number of aromatic nitrogens is 1. The first-order valence-electron chi connectivity index (χ1n) is 6.00. The first-order valence-corrected chi connectivity index (χ1v) is 6.00. The average Bonchev–Trinajstić information content (AvgIpc) is 2.30. The van der Waals surface area contributed by atoms with Gasteiger partial charge in [-0.05, 0) is 31.0 Å². The number of hydrogen-bond donors (Lipinski definition) is 0. The highest BCUT2D eigenvalue weighted by molar-refractivity contribution is 5.35. The second kappa shape index (κ2) is 4.33. The lowest BCUT2D eigenvalue weighted by Gasteiger charge is -2.25. The van der Waals surface area contributed by atoms with Crippen LogP contribution in [0.1, 0.15) is 36.2 Å². The predicted octanol–water partition coefficient (Wildman–Crippen LogP) is 4.02. The average molecular weight is 225 g/mol. The smallest absolute Gasteiger partial charge is 0.0503 e. The molecule has 0 spiro atoms. The number of rotatable bonds is 2. The van der Waals surface area contributed by atoms with E-state index in [0.717, 1.165) is 5.69 Å². The van der Waals surface area contributed by atoms with Gasteiger partial charge in [0.2, 0.25) is 0 Å². The number of pyridine rings is 1. The molecule has 0 atom stereocenters. The maximum atomic E-state index is 4.55. The molecule has 0 aliphatic rings. The van der Waals surface area contributed by atoms with Gasteiger partial charge in [-0.15, -0.1) is 0 Å². The Morgan fingerprint density at radius 1 is 0.824 bits per heavy atom. The first-order chi connectivity index (χ1) is 8.00. The van der Waals surface area contributed by atoms with Crippen LogP contribution < -0.4 is 0 Å². The molecule has 1 aromatic carbocycles. The van der Waals surface area contributed by atoms with Gasteiger partial charge in [-0.3, -0.25) is 4.98 Å². The second-order valence-electron chi connectivity index (χ2n) is 5.21. The van der Waals surface area contributed by atoms with Crippen molar-refractivity contribution in [1.29, 1.82) is 0 Å². The molecular weight excluding hydrogens is 206 g/mol. The molecule has 88 valence electrons. The van der Waals surface area contributed by atoms with Crippen molar-refractivity contribution in [1.82, 2.24) is 4.98 Å². The van der Waals surface area contributed by atoms with Crippen LogP contribution in [0.3, 0.4) is 0 Å². The molecule has 0 bridgehead atoms. The van der Waals surface area contributed by atoms with Gasteiger partial charge >= 0.3 is 0 Å². The predicted molar refractivity (Wildman–Crippen MR) is 72.3 cm³/mol. The van der Waals surface area contributed by atoms with Gasteiger partial charge in [-0.25, -0.2) is 0 Å². The summed E-state index contributed by atoms with van der Waals surface area (Å²) in [7, 11) is 0. The van der Waals surface area contributed by atoms with Crippen LogP contribution >= 0.6 is 0 Å². The quantitative estimate of drug-likeness (QED) is 0.752. The van der Waals surface area contributed by atoms with Crippen LogP contribution in [-0.4, -0.2) is 4.98 Å². The summed E-state index contributed by atoms with van der Waals surface area (Å²) < 4.78 is 0. The topological polar surface area (TPSA) is 12.9 Å². The second-order valence-corrected chi connectivity index (χ2v) is 5.21. The van der Waals surface area contributed by atoms with Crippen LogP contribution in [-0.2, 0) is 5.41 Å². The standard InChI is InChI=1S/C16H19N/c1-12-5-8-14(9-6-12)16(3,4)15-10-7-13(2)11-17-15/h5-11H,1-4H3. The largest absolute Gasteiger partial charge is 0.260 e. The van der Waals surface area contributed by atoms with Crippen molar-refractivity contribution in [2.24, 2.45) is 0 Å². The zero-order valence-corrected chi connectivity index (χ0v) is 11.0. The third-order valence-electron chi connectivity index (χ3n) is 3.32. The van der Waals surface area contributed by atoms with Crippen LogP contribution in [0, 0.1) is 13.8 Å². The van der Waals surface area contributed by atoms with Crippen molar-refractivity contribution in [3.8, 4) is 0 Å². The Kier molecular flexibility index (Phi) is 3.01. The lowest BCUT2D eigenvalue weighted by molar-refractivity contribution is 0.616. The van der Waals surface area contributed by atoms with E-state index in [0.29, 0.717) is 0 Å². The van der Waals surface area contributed by atoms with Gasteiger partial charge in [0.25, 0.3) is 0 Å². The molecule has 1 heteroatoms. The molecule has 0 aliphatic carbocycles. The van der Waals surface area contributed by atoms with E-state index in [4.69, 9.17) is 0 Å². The van der Waals surface area contributed by atoms with Crippen molar-refractivity contribution in [2.75, 3.05) is 0 Å². The number of nitrogens with zero attached hydrogens (tertiary/aromatic N) is 1.